The Morgan fingerprint density at radius 1 is 1.29 bits per heavy atom. The molecule has 1 aliphatic carbocycles. The van der Waals surface area contributed by atoms with Crippen LogP contribution in [0.15, 0.2) is 24.8 Å². The first-order chi connectivity index (χ1) is 8.29. The summed E-state index contributed by atoms with van der Waals surface area (Å²) in [4.78, 5) is 11.9. The fraction of sp³-hybridized carbons (Fsp3) is 0.364. The van der Waals surface area contributed by atoms with Crippen molar-refractivity contribution in [3.05, 3.63) is 24.8 Å². The molecule has 0 amide bonds. The van der Waals surface area contributed by atoms with Gasteiger partial charge in [-0.3, -0.25) is 0 Å². The second-order valence-corrected chi connectivity index (χ2v) is 4.15. The van der Waals surface area contributed by atoms with Crippen LogP contribution in [0, 0.1) is 5.92 Å². The van der Waals surface area contributed by atoms with E-state index in [4.69, 9.17) is 5.11 Å². The maximum atomic E-state index is 9.54. The minimum absolute atomic E-state index is 0.102. The quantitative estimate of drug-likeness (QED) is 0.742. The summed E-state index contributed by atoms with van der Waals surface area (Å²) in [7, 11) is 0. The second-order valence-electron chi connectivity index (χ2n) is 4.15. The van der Waals surface area contributed by atoms with Crippen molar-refractivity contribution in [3.63, 3.8) is 0 Å². The topological polar surface area (TPSA) is 84.1 Å². The number of aliphatic hydroxyl groups is 1. The molecule has 0 radical (unpaired) electrons. The summed E-state index contributed by atoms with van der Waals surface area (Å²) in [5.41, 5.74) is 1.03. The summed E-state index contributed by atoms with van der Waals surface area (Å²) in [5.74, 6) is 0.0855. The molecule has 2 aromatic rings. The highest BCUT2D eigenvalue weighted by molar-refractivity contribution is 5.75. The van der Waals surface area contributed by atoms with Crippen LogP contribution in [0.4, 0.5) is 0 Å². The van der Waals surface area contributed by atoms with Crippen LogP contribution >= 0.6 is 0 Å². The van der Waals surface area contributed by atoms with Crippen LogP contribution in [-0.4, -0.2) is 36.3 Å². The first kappa shape index (κ1) is 10.2. The molecule has 88 valence electrons. The Kier molecular flexibility index (Phi) is 2.29. The number of aromatic nitrogens is 4. The van der Waals surface area contributed by atoms with Gasteiger partial charge < -0.3 is 14.8 Å². The molecule has 0 aliphatic heterocycles. The largest absolute Gasteiger partial charge is 0.492 e. The number of hydrogen-bond donors (Lipinski definition) is 2. The smallest absolute Gasteiger partial charge is 0.242 e. The third kappa shape index (κ3) is 1.57. The molecule has 0 fully saturated rings. The van der Waals surface area contributed by atoms with Gasteiger partial charge in [0.1, 0.15) is 6.33 Å². The Labute approximate surface area is 97.3 Å². The summed E-state index contributed by atoms with van der Waals surface area (Å²) in [6.07, 6.45) is 7.82. The Bertz CT molecular complexity index is 578. The van der Waals surface area contributed by atoms with Crippen LogP contribution < -0.4 is 0 Å². The van der Waals surface area contributed by atoms with Gasteiger partial charge in [-0.05, 0) is 6.42 Å². The maximum absolute atomic E-state index is 9.54. The Morgan fingerprint density at radius 2 is 2.18 bits per heavy atom. The van der Waals surface area contributed by atoms with E-state index in [0.717, 1.165) is 6.42 Å². The number of rotatable bonds is 2. The molecule has 0 saturated heterocycles. The van der Waals surface area contributed by atoms with Gasteiger partial charge in [0, 0.05) is 12.5 Å². The van der Waals surface area contributed by atoms with Crippen LogP contribution in [0.2, 0.25) is 0 Å². The first-order valence-electron chi connectivity index (χ1n) is 5.45. The Balaban J connectivity index is 2.02. The van der Waals surface area contributed by atoms with Gasteiger partial charge in [0.05, 0.1) is 12.4 Å². The van der Waals surface area contributed by atoms with Crippen molar-refractivity contribution in [1.29, 1.82) is 0 Å². The lowest BCUT2D eigenvalue weighted by Gasteiger charge is -2.12. The second kappa shape index (κ2) is 3.81. The maximum Gasteiger partial charge on any atom is 0.242 e. The van der Waals surface area contributed by atoms with Gasteiger partial charge in [-0.2, -0.15) is 4.98 Å². The summed E-state index contributed by atoms with van der Waals surface area (Å²) in [6.45, 7) is 0.153. The van der Waals surface area contributed by atoms with E-state index in [1.165, 1.54) is 6.33 Å². The van der Waals surface area contributed by atoms with E-state index in [9.17, 15) is 5.11 Å². The van der Waals surface area contributed by atoms with Crippen molar-refractivity contribution in [2.75, 3.05) is 6.61 Å². The molecule has 0 aromatic carbocycles. The first-order valence-corrected chi connectivity index (χ1v) is 5.45. The molecule has 0 spiro atoms. The predicted molar refractivity (Wildman–Crippen MR) is 60.4 cm³/mol. The van der Waals surface area contributed by atoms with E-state index in [0.29, 0.717) is 11.2 Å². The zero-order valence-electron chi connectivity index (χ0n) is 9.06. The van der Waals surface area contributed by atoms with E-state index in [1.807, 2.05) is 16.7 Å². The van der Waals surface area contributed by atoms with Crippen LogP contribution in [0.25, 0.3) is 11.2 Å². The number of nitrogens with zero attached hydrogens (tertiary/aromatic N) is 4. The normalized spacial score (nSPS) is 23.6. The number of imidazole rings is 1. The standard InChI is InChI=1S/C11H12N4O2/c16-4-7-1-2-8(3-7)15-6-14-9-10(15)12-5-13-11(9)17/h1-2,5-8,16H,3-4H2,(H,12,13,17)/t7-,8+/m1/s1. The molecular weight excluding hydrogens is 220 g/mol. The van der Waals surface area contributed by atoms with Crippen LogP contribution in [0.3, 0.4) is 0 Å². The van der Waals surface area contributed by atoms with Crippen LogP contribution in [0.1, 0.15) is 12.5 Å². The zero-order chi connectivity index (χ0) is 11.8. The lowest BCUT2D eigenvalue weighted by molar-refractivity contribution is 0.244. The van der Waals surface area contributed by atoms with Crippen LogP contribution in [0.5, 0.6) is 5.88 Å². The predicted octanol–water partition coefficient (Wildman–Crippen LogP) is 0.641. The average molecular weight is 232 g/mol. The fourth-order valence-corrected chi connectivity index (χ4v) is 2.18. The van der Waals surface area contributed by atoms with Gasteiger partial charge in [-0.1, -0.05) is 12.2 Å². The molecule has 0 bridgehead atoms. The van der Waals surface area contributed by atoms with E-state index in [2.05, 4.69) is 15.0 Å². The highest BCUT2D eigenvalue weighted by Crippen LogP contribution is 2.30. The monoisotopic (exact) mass is 232 g/mol. The van der Waals surface area contributed by atoms with Gasteiger partial charge in [0.25, 0.3) is 0 Å². The average Bonchev–Trinajstić information content (AvgIpc) is 2.94. The third-order valence-corrected chi connectivity index (χ3v) is 3.08. The van der Waals surface area contributed by atoms with Crippen LogP contribution in [-0.2, 0) is 0 Å². The fourth-order valence-electron chi connectivity index (χ4n) is 2.18. The van der Waals surface area contributed by atoms with Gasteiger partial charge in [-0.25, -0.2) is 9.97 Å². The SMILES string of the molecule is OC[C@@H]1C=C[C@H](n2cnc3c(O)ncnc32)C1. The van der Waals surface area contributed by atoms with E-state index in [-0.39, 0.29) is 24.4 Å². The zero-order valence-corrected chi connectivity index (χ0v) is 9.06. The third-order valence-electron chi connectivity index (χ3n) is 3.08. The Morgan fingerprint density at radius 3 is 2.94 bits per heavy atom. The van der Waals surface area contributed by atoms with E-state index >= 15 is 0 Å². The number of allylic oxidation sites excluding steroid dienone is 1. The molecule has 17 heavy (non-hydrogen) atoms. The minimum atomic E-state index is -0.102. The van der Waals surface area contributed by atoms with E-state index in [1.54, 1.807) is 6.33 Å². The summed E-state index contributed by atoms with van der Waals surface area (Å²) in [5, 5.41) is 18.6. The molecule has 2 atom stereocenters. The van der Waals surface area contributed by atoms with Crippen molar-refractivity contribution >= 4 is 11.2 Å². The van der Waals surface area contributed by atoms with Gasteiger partial charge >= 0.3 is 0 Å². The summed E-state index contributed by atoms with van der Waals surface area (Å²) < 4.78 is 1.89. The van der Waals surface area contributed by atoms with Crippen molar-refractivity contribution < 1.29 is 10.2 Å². The number of fused-ring (bicyclic) bond motifs is 1. The minimum Gasteiger partial charge on any atom is -0.492 e. The molecule has 2 aromatic heterocycles. The van der Waals surface area contributed by atoms with Gasteiger partial charge in [0.15, 0.2) is 11.2 Å². The van der Waals surface area contributed by atoms with Crippen molar-refractivity contribution in [1.82, 2.24) is 19.5 Å². The molecule has 0 saturated carbocycles. The molecule has 6 nitrogen and oxygen atoms in total. The molecule has 3 rings (SSSR count). The van der Waals surface area contributed by atoms with Gasteiger partial charge in [-0.15, -0.1) is 0 Å². The molecule has 2 heterocycles. The highest BCUT2D eigenvalue weighted by atomic mass is 16.3. The molecular formula is C11H12N4O2. The van der Waals surface area contributed by atoms with Crippen molar-refractivity contribution in [2.24, 2.45) is 5.92 Å². The highest BCUT2D eigenvalue weighted by Gasteiger charge is 2.22. The Hall–Kier alpha value is -1.95. The summed E-state index contributed by atoms with van der Waals surface area (Å²) in [6, 6.07) is 0.131. The van der Waals surface area contributed by atoms with Crippen molar-refractivity contribution in [3.8, 4) is 5.88 Å². The molecule has 6 heteroatoms. The summed E-state index contributed by atoms with van der Waals surface area (Å²) >= 11 is 0. The lowest BCUT2D eigenvalue weighted by Crippen LogP contribution is -2.07. The van der Waals surface area contributed by atoms with Gasteiger partial charge in [0.2, 0.25) is 5.88 Å². The molecule has 1 aliphatic rings. The lowest BCUT2D eigenvalue weighted by atomic mass is 10.1. The van der Waals surface area contributed by atoms with E-state index < -0.39 is 0 Å². The molecule has 2 N–H and O–H groups in total. The number of hydrogen-bond acceptors (Lipinski definition) is 5. The van der Waals surface area contributed by atoms with Crippen molar-refractivity contribution in [2.45, 2.75) is 12.5 Å². The molecule has 0 unspecified atom stereocenters. The number of aliphatic hydroxyl groups excluding tert-OH is 1. The number of aromatic hydroxyl groups is 1.